The van der Waals surface area contributed by atoms with Gasteiger partial charge in [-0.25, -0.2) is 0 Å². The van der Waals surface area contributed by atoms with E-state index in [2.05, 4.69) is 21.2 Å². The maximum Gasteiger partial charge on any atom is 0.119 e. The average molecular weight is 371 g/mol. The molecule has 0 aliphatic heterocycles. The number of halogens is 2. The number of hydrogen-bond acceptors (Lipinski definition) is 3. The number of aliphatic hydroxyl groups excluding tert-OH is 1. The van der Waals surface area contributed by atoms with Crippen molar-refractivity contribution < 1.29 is 9.84 Å². The zero-order chi connectivity index (χ0) is 15.2. The van der Waals surface area contributed by atoms with E-state index >= 15 is 0 Å². The van der Waals surface area contributed by atoms with E-state index in [0.717, 1.165) is 21.5 Å². The largest absolute Gasteiger partial charge is 0.491 e. The first-order valence-electron chi connectivity index (χ1n) is 6.61. The summed E-state index contributed by atoms with van der Waals surface area (Å²) >= 11 is 9.48. The van der Waals surface area contributed by atoms with Gasteiger partial charge in [-0.2, -0.15) is 0 Å². The van der Waals surface area contributed by atoms with Crippen LogP contribution in [0.2, 0.25) is 5.02 Å². The summed E-state index contributed by atoms with van der Waals surface area (Å²) in [7, 11) is 0. The highest BCUT2D eigenvalue weighted by atomic mass is 79.9. The first-order chi connectivity index (χ1) is 10.0. The summed E-state index contributed by atoms with van der Waals surface area (Å²) in [5.74, 6) is 0.727. The predicted octanol–water partition coefficient (Wildman–Crippen LogP) is 4.26. The van der Waals surface area contributed by atoms with Crippen LogP contribution < -0.4 is 10.1 Å². The minimum Gasteiger partial charge on any atom is -0.491 e. The molecule has 0 saturated carbocycles. The lowest BCUT2D eigenvalue weighted by atomic mass is 10.2. The summed E-state index contributed by atoms with van der Waals surface area (Å²) in [6.45, 7) is 2.58. The fourth-order valence-electron chi connectivity index (χ4n) is 1.77. The van der Waals surface area contributed by atoms with Crippen molar-refractivity contribution in [3.05, 3.63) is 57.5 Å². The van der Waals surface area contributed by atoms with Crippen LogP contribution in [0.25, 0.3) is 0 Å². The monoisotopic (exact) mass is 369 g/mol. The van der Waals surface area contributed by atoms with Gasteiger partial charge >= 0.3 is 0 Å². The number of aliphatic hydroxyl groups is 1. The van der Waals surface area contributed by atoms with Crippen molar-refractivity contribution in [2.24, 2.45) is 0 Å². The molecule has 3 nitrogen and oxygen atoms in total. The first kappa shape index (κ1) is 16.1. The molecule has 0 bridgehead atoms. The number of hydrogen-bond donors (Lipinski definition) is 2. The summed E-state index contributed by atoms with van der Waals surface area (Å²) in [5.41, 5.74) is 1.91. The molecule has 0 saturated heterocycles. The Labute approximate surface area is 138 Å². The molecule has 2 aromatic carbocycles. The Morgan fingerprint density at radius 3 is 2.62 bits per heavy atom. The number of anilines is 1. The van der Waals surface area contributed by atoms with Crippen LogP contribution in [0.3, 0.4) is 0 Å². The van der Waals surface area contributed by atoms with Crippen molar-refractivity contribution in [1.29, 1.82) is 0 Å². The zero-order valence-corrected chi connectivity index (χ0v) is 14.0. The fourth-order valence-corrected chi connectivity index (χ4v) is 2.34. The molecule has 0 aromatic heterocycles. The molecule has 1 atom stereocenters. The van der Waals surface area contributed by atoms with Gasteiger partial charge in [0.15, 0.2) is 0 Å². The molecule has 0 aliphatic rings. The summed E-state index contributed by atoms with van der Waals surface area (Å²) in [6.07, 6.45) is -0.619. The SMILES string of the molecule is Cc1ccc(NCC(O)COc2ccc(Br)cc2)c(Cl)c1. The standard InChI is InChI=1S/C16H17BrClNO2/c1-11-2-7-16(15(18)8-11)19-9-13(20)10-21-14-5-3-12(17)4-6-14/h2-8,13,19-20H,9-10H2,1H3. The molecule has 0 amide bonds. The minimum absolute atomic E-state index is 0.220. The Kier molecular flexibility index (Phi) is 5.91. The second-order valence-corrected chi connectivity index (χ2v) is 6.11. The highest BCUT2D eigenvalue weighted by Gasteiger charge is 2.07. The second-order valence-electron chi connectivity index (χ2n) is 4.78. The lowest BCUT2D eigenvalue weighted by Gasteiger charge is -2.15. The summed E-state index contributed by atoms with van der Waals surface area (Å²) in [6, 6.07) is 13.2. The van der Waals surface area contributed by atoms with Gasteiger partial charge in [0.1, 0.15) is 18.5 Å². The third kappa shape index (κ3) is 5.23. The highest BCUT2D eigenvalue weighted by Crippen LogP contribution is 2.22. The van der Waals surface area contributed by atoms with Gasteiger partial charge in [-0.05, 0) is 48.9 Å². The van der Waals surface area contributed by atoms with E-state index in [0.29, 0.717) is 11.6 Å². The van der Waals surface area contributed by atoms with Crippen LogP contribution in [0.4, 0.5) is 5.69 Å². The number of aryl methyl sites for hydroxylation is 1. The smallest absolute Gasteiger partial charge is 0.119 e. The molecule has 1 unspecified atom stereocenters. The molecule has 0 fully saturated rings. The van der Waals surface area contributed by atoms with Crippen molar-refractivity contribution >= 4 is 33.2 Å². The van der Waals surface area contributed by atoms with Crippen molar-refractivity contribution in [1.82, 2.24) is 0 Å². The number of ether oxygens (including phenoxy) is 1. The Morgan fingerprint density at radius 1 is 1.24 bits per heavy atom. The molecule has 2 aromatic rings. The molecule has 0 aliphatic carbocycles. The third-order valence-electron chi connectivity index (χ3n) is 2.91. The quantitative estimate of drug-likeness (QED) is 0.798. The molecular formula is C16H17BrClNO2. The number of nitrogens with one attached hydrogen (secondary N) is 1. The lowest BCUT2D eigenvalue weighted by molar-refractivity contribution is 0.117. The van der Waals surface area contributed by atoms with Crippen LogP contribution >= 0.6 is 27.5 Å². The average Bonchev–Trinajstić information content (AvgIpc) is 2.46. The highest BCUT2D eigenvalue weighted by molar-refractivity contribution is 9.10. The summed E-state index contributed by atoms with van der Waals surface area (Å²) in [5, 5.41) is 13.7. The van der Waals surface area contributed by atoms with Crippen LogP contribution in [-0.2, 0) is 0 Å². The van der Waals surface area contributed by atoms with Crippen molar-refractivity contribution in [2.45, 2.75) is 13.0 Å². The maximum absolute atomic E-state index is 9.93. The Balaban J connectivity index is 1.79. The molecule has 2 rings (SSSR count). The van der Waals surface area contributed by atoms with E-state index in [1.54, 1.807) is 0 Å². The maximum atomic E-state index is 9.93. The van der Waals surface area contributed by atoms with Gasteiger partial charge in [-0.1, -0.05) is 33.6 Å². The van der Waals surface area contributed by atoms with Crippen molar-refractivity contribution in [3.8, 4) is 5.75 Å². The van der Waals surface area contributed by atoms with Crippen molar-refractivity contribution in [3.63, 3.8) is 0 Å². The normalized spacial score (nSPS) is 12.0. The molecular weight excluding hydrogens is 354 g/mol. The molecule has 0 radical (unpaired) electrons. The summed E-state index contributed by atoms with van der Waals surface area (Å²) in [4.78, 5) is 0. The van der Waals surface area contributed by atoms with Crippen LogP contribution in [0.15, 0.2) is 46.9 Å². The molecule has 21 heavy (non-hydrogen) atoms. The van der Waals surface area contributed by atoms with E-state index in [4.69, 9.17) is 16.3 Å². The Hall–Kier alpha value is -1.23. The minimum atomic E-state index is -0.619. The van der Waals surface area contributed by atoms with Crippen LogP contribution in [0.5, 0.6) is 5.75 Å². The first-order valence-corrected chi connectivity index (χ1v) is 7.78. The van der Waals surface area contributed by atoms with Crippen molar-refractivity contribution in [2.75, 3.05) is 18.5 Å². The van der Waals surface area contributed by atoms with Gasteiger partial charge in [0.25, 0.3) is 0 Å². The molecule has 2 N–H and O–H groups in total. The van der Waals surface area contributed by atoms with Gasteiger partial charge in [-0.3, -0.25) is 0 Å². The molecule has 0 spiro atoms. The second kappa shape index (κ2) is 7.69. The third-order valence-corrected chi connectivity index (χ3v) is 3.75. The Bertz CT molecular complexity index is 589. The van der Waals surface area contributed by atoms with Crippen LogP contribution in [0.1, 0.15) is 5.56 Å². The molecule has 0 heterocycles. The van der Waals surface area contributed by atoms with E-state index in [1.807, 2.05) is 49.4 Å². The molecule has 5 heteroatoms. The predicted molar refractivity (Wildman–Crippen MR) is 90.3 cm³/mol. The lowest BCUT2D eigenvalue weighted by Crippen LogP contribution is -2.26. The summed E-state index contributed by atoms with van der Waals surface area (Å²) < 4.78 is 6.51. The van der Waals surface area contributed by atoms with E-state index < -0.39 is 6.10 Å². The van der Waals surface area contributed by atoms with E-state index in [9.17, 15) is 5.11 Å². The van der Waals surface area contributed by atoms with E-state index in [-0.39, 0.29) is 6.61 Å². The number of rotatable bonds is 6. The van der Waals surface area contributed by atoms with Gasteiger partial charge < -0.3 is 15.2 Å². The van der Waals surface area contributed by atoms with Gasteiger partial charge in [0.2, 0.25) is 0 Å². The van der Waals surface area contributed by atoms with Gasteiger partial charge in [0.05, 0.1) is 10.7 Å². The van der Waals surface area contributed by atoms with Gasteiger partial charge in [-0.15, -0.1) is 0 Å². The zero-order valence-electron chi connectivity index (χ0n) is 11.6. The van der Waals surface area contributed by atoms with Gasteiger partial charge in [0, 0.05) is 11.0 Å². The Morgan fingerprint density at radius 2 is 1.95 bits per heavy atom. The van der Waals surface area contributed by atoms with E-state index in [1.165, 1.54) is 0 Å². The number of benzene rings is 2. The molecule has 112 valence electrons. The van der Waals surface area contributed by atoms with Crippen LogP contribution in [-0.4, -0.2) is 24.4 Å². The fraction of sp³-hybridized carbons (Fsp3) is 0.250. The van der Waals surface area contributed by atoms with Crippen LogP contribution in [0, 0.1) is 6.92 Å². The topological polar surface area (TPSA) is 41.5 Å².